The molecule has 0 aliphatic heterocycles. The van der Waals surface area contributed by atoms with Crippen LogP contribution in [0.4, 0.5) is 24.5 Å². The molecule has 1 rings (SSSR count). The van der Waals surface area contributed by atoms with Crippen molar-refractivity contribution in [3.8, 4) is 0 Å². The summed E-state index contributed by atoms with van der Waals surface area (Å²) in [5.41, 5.74) is -1.61. The van der Waals surface area contributed by atoms with Gasteiger partial charge in [0.05, 0.1) is 23.1 Å². The number of hydrogen-bond donors (Lipinski definition) is 1. The molecule has 0 saturated carbocycles. The number of rotatable bonds is 6. The average Bonchev–Trinajstić information content (AvgIpc) is 2.36. The molecule has 118 valence electrons. The fourth-order valence-corrected chi connectivity index (χ4v) is 1.76. The highest BCUT2D eigenvalue weighted by atomic mass is 19.4. The second-order valence-corrected chi connectivity index (χ2v) is 4.94. The van der Waals surface area contributed by atoms with Crippen molar-refractivity contribution in [1.29, 1.82) is 0 Å². The number of ether oxygens (including phenoxy) is 1. The number of methoxy groups -OCH3 is 1. The van der Waals surface area contributed by atoms with Gasteiger partial charge in [0.1, 0.15) is 5.69 Å². The van der Waals surface area contributed by atoms with Crippen molar-refractivity contribution in [3.05, 3.63) is 33.9 Å². The monoisotopic (exact) mass is 306 g/mol. The zero-order valence-corrected chi connectivity index (χ0v) is 11.9. The van der Waals surface area contributed by atoms with Crippen molar-refractivity contribution < 1.29 is 22.8 Å². The second-order valence-electron chi connectivity index (χ2n) is 4.94. The number of alkyl halides is 3. The highest BCUT2D eigenvalue weighted by Crippen LogP contribution is 2.35. The molecule has 0 amide bonds. The molecule has 1 aromatic rings. The third-order valence-electron chi connectivity index (χ3n) is 3.01. The van der Waals surface area contributed by atoms with Crippen molar-refractivity contribution in [3.63, 3.8) is 0 Å². The molecule has 21 heavy (non-hydrogen) atoms. The number of hydrogen-bond acceptors (Lipinski definition) is 4. The molecule has 1 unspecified atom stereocenters. The van der Waals surface area contributed by atoms with Gasteiger partial charge in [-0.25, -0.2) is 0 Å². The van der Waals surface area contributed by atoms with E-state index in [2.05, 4.69) is 5.32 Å². The normalized spacial score (nSPS) is 13.3. The number of nitro groups is 1. The van der Waals surface area contributed by atoms with Crippen LogP contribution < -0.4 is 5.32 Å². The SMILES string of the molecule is COCC(Nc1ccc(C(F)(F)F)cc1[N+](=O)[O-])C(C)C. The Hall–Kier alpha value is -1.83. The average molecular weight is 306 g/mol. The molecule has 0 aromatic heterocycles. The van der Waals surface area contributed by atoms with E-state index in [0.29, 0.717) is 6.07 Å². The van der Waals surface area contributed by atoms with Gasteiger partial charge in [0.25, 0.3) is 5.69 Å². The summed E-state index contributed by atoms with van der Waals surface area (Å²) in [5, 5.41) is 13.9. The zero-order chi connectivity index (χ0) is 16.2. The summed E-state index contributed by atoms with van der Waals surface area (Å²) in [6.07, 6.45) is -4.62. The summed E-state index contributed by atoms with van der Waals surface area (Å²) in [6.45, 7) is 4.05. The molecule has 0 spiro atoms. The van der Waals surface area contributed by atoms with Crippen molar-refractivity contribution in [1.82, 2.24) is 0 Å². The van der Waals surface area contributed by atoms with E-state index in [0.717, 1.165) is 12.1 Å². The van der Waals surface area contributed by atoms with Crippen LogP contribution in [0.25, 0.3) is 0 Å². The van der Waals surface area contributed by atoms with E-state index in [4.69, 9.17) is 4.74 Å². The number of nitro benzene ring substituents is 1. The second kappa shape index (κ2) is 6.75. The lowest BCUT2D eigenvalue weighted by molar-refractivity contribution is -0.384. The summed E-state index contributed by atoms with van der Waals surface area (Å²) >= 11 is 0. The molecule has 1 N–H and O–H groups in total. The van der Waals surface area contributed by atoms with Crippen LogP contribution in [-0.4, -0.2) is 24.7 Å². The number of anilines is 1. The van der Waals surface area contributed by atoms with E-state index in [9.17, 15) is 23.3 Å². The third-order valence-corrected chi connectivity index (χ3v) is 3.01. The first kappa shape index (κ1) is 17.2. The fraction of sp³-hybridized carbons (Fsp3) is 0.538. The van der Waals surface area contributed by atoms with Gasteiger partial charge in [-0.2, -0.15) is 13.2 Å². The van der Waals surface area contributed by atoms with Crippen LogP contribution in [0.15, 0.2) is 18.2 Å². The van der Waals surface area contributed by atoms with Crippen LogP contribution in [0.1, 0.15) is 19.4 Å². The van der Waals surface area contributed by atoms with Crippen LogP contribution in [0.5, 0.6) is 0 Å². The Labute approximate surface area is 120 Å². The fourth-order valence-electron chi connectivity index (χ4n) is 1.76. The van der Waals surface area contributed by atoms with Gasteiger partial charge in [0.15, 0.2) is 0 Å². The van der Waals surface area contributed by atoms with Gasteiger partial charge in [-0.3, -0.25) is 10.1 Å². The Morgan fingerprint density at radius 2 is 2.00 bits per heavy atom. The number of nitrogens with zero attached hydrogens (tertiary/aromatic N) is 1. The lowest BCUT2D eigenvalue weighted by atomic mass is 10.0. The predicted octanol–water partition coefficient (Wildman–Crippen LogP) is 3.70. The van der Waals surface area contributed by atoms with Crippen LogP contribution >= 0.6 is 0 Å². The Morgan fingerprint density at radius 3 is 2.43 bits per heavy atom. The molecular formula is C13H17F3N2O3. The summed E-state index contributed by atoms with van der Waals surface area (Å²) in [5.74, 6) is 0.0897. The first-order valence-electron chi connectivity index (χ1n) is 6.28. The van der Waals surface area contributed by atoms with E-state index in [1.165, 1.54) is 7.11 Å². The van der Waals surface area contributed by atoms with Crippen LogP contribution in [0, 0.1) is 16.0 Å². The number of halogens is 3. The first-order chi connectivity index (χ1) is 9.66. The van der Waals surface area contributed by atoms with E-state index in [1.54, 1.807) is 0 Å². The summed E-state index contributed by atoms with van der Waals surface area (Å²) in [6, 6.07) is 2.18. The Morgan fingerprint density at radius 1 is 1.38 bits per heavy atom. The molecule has 0 aliphatic rings. The van der Waals surface area contributed by atoms with Crippen LogP contribution in [0.3, 0.4) is 0 Å². The van der Waals surface area contributed by atoms with Crippen molar-refractivity contribution in [2.45, 2.75) is 26.1 Å². The van der Waals surface area contributed by atoms with Gasteiger partial charge in [-0.1, -0.05) is 13.8 Å². The largest absolute Gasteiger partial charge is 0.416 e. The Balaban J connectivity index is 3.15. The molecule has 0 heterocycles. The quantitative estimate of drug-likeness (QED) is 0.643. The molecule has 1 atom stereocenters. The van der Waals surface area contributed by atoms with Gasteiger partial charge in [-0.15, -0.1) is 0 Å². The van der Waals surface area contributed by atoms with Crippen molar-refractivity contribution >= 4 is 11.4 Å². The zero-order valence-electron chi connectivity index (χ0n) is 11.9. The van der Waals surface area contributed by atoms with Gasteiger partial charge in [0, 0.05) is 13.2 Å². The smallest absolute Gasteiger partial charge is 0.383 e. The Kier molecular flexibility index (Phi) is 5.54. The minimum absolute atomic E-state index is 0.0451. The summed E-state index contributed by atoms with van der Waals surface area (Å²) in [7, 11) is 1.48. The maximum absolute atomic E-state index is 12.6. The molecule has 0 aliphatic carbocycles. The van der Waals surface area contributed by atoms with E-state index in [1.807, 2.05) is 13.8 Å². The lowest BCUT2D eigenvalue weighted by Gasteiger charge is -2.22. The highest BCUT2D eigenvalue weighted by Gasteiger charge is 2.33. The molecule has 0 bridgehead atoms. The molecule has 0 radical (unpaired) electrons. The van der Waals surface area contributed by atoms with Crippen LogP contribution in [-0.2, 0) is 10.9 Å². The number of nitrogens with one attached hydrogen (secondary N) is 1. The van der Waals surface area contributed by atoms with Crippen LogP contribution in [0.2, 0.25) is 0 Å². The van der Waals surface area contributed by atoms with Gasteiger partial charge < -0.3 is 10.1 Å². The molecule has 5 nitrogen and oxygen atoms in total. The van der Waals surface area contributed by atoms with E-state index in [-0.39, 0.29) is 24.3 Å². The molecular weight excluding hydrogens is 289 g/mol. The van der Waals surface area contributed by atoms with Gasteiger partial charge >= 0.3 is 6.18 Å². The molecule has 0 saturated heterocycles. The minimum Gasteiger partial charge on any atom is -0.383 e. The topological polar surface area (TPSA) is 64.4 Å². The Bertz CT molecular complexity index is 504. The predicted molar refractivity (Wildman–Crippen MR) is 72.2 cm³/mol. The number of benzene rings is 1. The highest BCUT2D eigenvalue weighted by molar-refractivity contribution is 5.63. The van der Waals surface area contributed by atoms with Crippen molar-refractivity contribution in [2.24, 2.45) is 5.92 Å². The van der Waals surface area contributed by atoms with Crippen molar-refractivity contribution in [2.75, 3.05) is 19.0 Å². The maximum atomic E-state index is 12.6. The molecule has 0 fully saturated rings. The minimum atomic E-state index is -4.62. The van der Waals surface area contributed by atoms with Gasteiger partial charge in [0.2, 0.25) is 0 Å². The van der Waals surface area contributed by atoms with E-state index < -0.39 is 22.4 Å². The third kappa shape index (κ3) is 4.59. The maximum Gasteiger partial charge on any atom is 0.416 e. The summed E-state index contributed by atoms with van der Waals surface area (Å²) in [4.78, 5) is 10.1. The van der Waals surface area contributed by atoms with E-state index >= 15 is 0 Å². The lowest BCUT2D eigenvalue weighted by Crippen LogP contribution is -2.30. The first-order valence-corrected chi connectivity index (χ1v) is 6.28. The van der Waals surface area contributed by atoms with Gasteiger partial charge in [-0.05, 0) is 18.1 Å². The summed E-state index contributed by atoms with van der Waals surface area (Å²) < 4.78 is 42.8. The standard InChI is InChI=1S/C13H17F3N2O3/c1-8(2)11(7-21-3)17-10-5-4-9(13(14,15)16)6-12(10)18(19)20/h4-6,8,11,17H,7H2,1-3H3. The molecule has 1 aromatic carbocycles. The molecule has 8 heteroatoms.